The molecule has 0 saturated heterocycles. The topological polar surface area (TPSA) is 49.7 Å². The number of aliphatic hydroxyl groups excluding tert-OH is 2. The van der Waals surface area contributed by atoms with E-state index in [2.05, 4.69) is 15.9 Å². The van der Waals surface area contributed by atoms with Crippen LogP contribution in [0.25, 0.3) is 0 Å². The Kier molecular flexibility index (Phi) is 5.17. The van der Waals surface area contributed by atoms with Crippen LogP contribution in [0.3, 0.4) is 0 Å². The third-order valence-corrected chi connectivity index (χ3v) is 3.67. The Bertz CT molecular complexity index is 564. The molecular formula is C16H17BrO3. The van der Waals surface area contributed by atoms with E-state index in [-0.39, 0.29) is 6.61 Å². The molecule has 0 aliphatic carbocycles. The van der Waals surface area contributed by atoms with E-state index in [4.69, 9.17) is 9.84 Å². The highest BCUT2D eigenvalue weighted by molar-refractivity contribution is 9.10. The molecule has 0 radical (unpaired) electrons. The minimum absolute atomic E-state index is 0.147. The number of ether oxygens (including phenoxy) is 1. The molecule has 4 heteroatoms. The van der Waals surface area contributed by atoms with Crippen molar-refractivity contribution in [3.05, 3.63) is 58.1 Å². The van der Waals surface area contributed by atoms with E-state index in [0.717, 1.165) is 21.3 Å². The molecule has 20 heavy (non-hydrogen) atoms. The average Bonchev–Trinajstić information content (AvgIpc) is 2.41. The van der Waals surface area contributed by atoms with E-state index in [1.54, 1.807) is 6.92 Å². The summed E-state index contributed by atoms with van der Waals surface area (Å²) in [6, 6.07) is 13.1. The summed E-state index contributed by atoms with van der Waals surface area (Å²) in [4.78, 5) is 0. The molecular weight excluding hydrogens is 320 g/mol. The van der Waals surface area contributed by atoms with Gasteiger partial charge in [-0.2, -0.15) is 0 Å². The van der Waals surface area contributed by atoms with Crippen molar-refractivity contribution in [3.63, 3.8) is 0 Å². The molecule has 0 aromatic heterocycles. The average molecular weight is 337 g/mol. The molecule has 2 aromatic carbocycles. The second kappa shape index (κ2) is 6.88. The lowest BCUT2D eigenvalue weighted by Crippen LogP contribution is -1.93. The smallest absolute Gasteiger partial charge is 0.128 e. The monoisotopic (exact) mass is 336 g/mol. The molecule has 0 fully saturated rings. The second-order valence-corrected chi connectivity index (χ2v) is 5.43. The minimum atomic E-state index is -0.517. The van der Waals surface area contributed by atoms with Gasteiger partial charge < -0.3 is 14.9 Å². The molecule has 0 heterocycles. The SMILES string of the molecule is CC(O)c1ccc(Oc2ccc(CCO)cc2)cc1Br. The van der Waals surface area contributed by atoms with Crippen LogP contribution >= 0.6 is 15.9 Å². The first-order valence-corrected chi connectivity index (χ1v) is 7.24. The van der Waals surface area contributed by atoms with Crippen molar-refractivity contribution in [1.29, 1.82) is 0 Å². The summed E-state index contributed by atoms with van der Waals surface area (Å²) >= 11 is 3.43. The van der Waals surface area contributed by atoms with Crippen molar-refractivity contribution in [2.24, 2.45) is 0 Å². The Hall–Kier alpha value is -1.36. The van der Waals surface area contributed by atoms with E-state index in [1.165, 1.54) is 0 Å². The molecule has 0 aliphatic heterocycles. The van der Waals surface area contributed by atoms with Crippen molar-refractivity contribution in [2.45, 2.75) is 19.4 Å². The molecule has 106 valence electrons. The lowest BCUT2D eigenvalue weighted by molar-refractivity contribution is 0.198. The van der Waals surface area contributed by atoms with Crippen LogP contribution in [0.5, 0.6) is 11.5 Å². The van der Waals surface area contributed by atoms with Crippen molar-refractivity contribution in [2.75, 3.05) is 6.61 Å². The third-order valence-electron chi connectivity index (χ3n) is 2.98. The quantitative estimate of drug-likeness (QED) is 0.872. The first-order valence-electron chi connectivity index (χ1n) is 6.45. The Balaban J connectivity index is 2.11. The van der Waals surface area contributed by atoms with Gasteiger partial charge in [0, 0.05) is 11.1 Å². The molecule has 2 N–H and O–H groups in total. The summed E-state index contributed by atoms with van der Waals surface area (Å²) in [5.74, 6) is 1.44. The number of hydrogen-bond acceptors (Lipinski definition) is 3. The molecule has 0 aliphatic rings. The van der Waals surface area contributed by atoms with Crippen LogP contribution < -0.4 is 4.74 Å². The summed E-state index contributed by atoms with van der Waals surface area (Å²) < 4.78 is 6.57. The second-order valence-electron chi connectivity index (χ2n) is 4.58. The van der Waals surface area contributed by atoms with Gasteiger partial charge in [0.2, 0.25) is 0 Å². The summed E-state index contributed by atoms with van der Waals surface area (Å²) in [5, 5.41) is 18.4. The molecule has 1 unspecified atom stereocenters. The predicted molar refractivity (Wildman–Crippen MR) is 82.1 cm³/mol. The van der Waals surface area contributed by atoms with E-state index < -0.39 is 6.10 Å². The van der Waals surface area contributed by atoms with Gasteiger partial charge in [0.05, 0.1) is 6.10 Å². The first-order chi connectivity index (χ1) is 9.60. The normalized spacial score (nSPS) is 12.2. The Morgan fingerprint density at radius 2 is 1.75 bits per heavy atom. The van der Waals surface area contributed by atoms with Gasteiger partial charge in [0.1, 0.15) is 11.5 Å². The van der Waals surface area contributed by atoms with E-state index in [9.17, 15) is 5.11 Å². The third kappa shape index (κ3) is 3.82. The number of hydrogen-bond donors (Lipinski definition) is 2. The predicted octanol–water partition coefficient (Wildman–Crippen LogP) is 3.83. The summed E-state index contributed by atoms with van der Waals surface area (Å²) in [5.41, 5.74) is 1.90. The maximum atomic E-state index is 9.57. The van der Waals surface area contributed by atoms with Gasteiger partial charge in [-0.05, 0) is 48.7 Å². The summed E-state index contributed by atoms with van der Waals surface area (Å²) in [6.45, 7) is 1.87. The van der Waals surface area contributed by atoms with Crippen molar-refractivity contribution in [1.82, 2.24) is 0 Å². The van der Waals surface area contributed by atoms with Crippen LogP contribution in [0.4, 0.5) is 0 Å². The molecule has 2 aromatic rings. The first kappa shape index (κ1) is 15.0. The molecule has 3 nitrogen and oxygen atoms in total. The molecule has 0 saturated carbocycles. The van der Waals surface area contributed by atoms with E-state index in [0.29, 0.717) is 12.2 Å². The van der Waals surface area contributed by atoms with Crippen LogP contribution in [0, 0.1) is 0 Å². The van der Waals surface area contributed by atoms with E-state index >= 15 is 0 Å². The molecule has 1 atom stereocenters. The van der Waals surface area contributed by atoms with Crippen LogP contribution in [-0.2, 0) is 6.42 Å². The fourth-order valence-electron chi connectivity index (χ4n) is 1.90. The van der Waals surface area contributed by atoms with Gasteiger partial charge in [-0.25, -0.2) is 0 Å². The fraction of sp³-hybridized carbons (Fsp3) is 0.250. The van der Waals surface area contributed by atoms with Crippen molar-refractivity contribution < 1.29 is 14.9 Å². The van der Waals surface area contributed by atoms with Crippen LogP contribution in [0.1, 0.15) is 24.2 Å². The zero-order valence-corrected chi connectivity index (χ0v) is 12.8. The highest BCUT2D eigenvalue weighted by atomic mass is 79.9. The minimum Gasteiger partial charge on any atom is -0.457 e. The van der Waals surface area contributed by atoms with Gasteiger partial charge in [0.15, 0.2) is 0 Å². The lowest BCUT2D eigenvalue weighted by Gasteiger charge is -2.11. The molecule has 0 bridgehead atoms. The standard InChI is InChI=1S/C16H17BrO3/c1-11(19)15-7-6-14(10-16(15)17)20-13-4-2-12(3-5-13)8-9-18/h2-7,10-11,18-19H,8-9H2,1H3. The van der Waals surface area contributed by atoms with Gasteiger partial charge in [0.25, 0.3) is 0 Å². The molecule has 0 spiro atoms. The van der Waals surface area contributed by atoms with Crippen molar-refractivity contribution in [3.8, 4) is 11.5 Å². The van der Waals surface area contributed by atoms with Crippen LogP contribution in [0.2, 0.25) is 0 Å². The molecule has 0 amide bonds. The number of halogens is 1. The lowest BCUT2D eigenvalue weighted by atomic mass is 10.1. The largest absolute Gasteiger partial charge is 0.457 e. The van der Waals surface area contributed by atoms with Gasteiger partial charge in [-0.1, -0.05) is 34.1 Å². The number of benzene rings is 2. The fourth-order valence-corrected chi connectivity index (χ4v) is 2.59. The van der Waals surface area contributed by atoms with Gasteiger partial charge >= 0.3 is 0 Å². The maximum absolute atomic E-state index is 9.57. The van der Waals surface area contributed by atoms with Crippen LogP contribution in [-0.4, -0.2) is 16.8 Å². The van der Waals surface area contributed by atoms with Crippen LogP contribution in [0.15, 0.2) is 46.9 Å². The highest BCUT2D eigenvalue weighted by Gasteiger charge is 2.07. The van der Waals surface area contributed by atoms with Gasteiger partial charge in [-0.3, -0.25) is 0 Å². The summed E-state index contributed by atoms with van der Waals surface area (Å²) in [6.07, 6.45) is 0.130. The zero-order valence-electron chi connectivity index (χ0n) is 11.2. The molecule has 2 rings (SSSR count). The number of aliphatic hydroxyl groups is 2. The maximum Gasteiger partial charge on any atom is 0.128 e. The number of rotatable bonds is 5. The zero-order chi connectivity index (χ0) is 14.5. The van der Waals surface area contributed by atoms with Gasteiger partial charge in [-0.15, -0.1) is 0 Å². The Morgan fingerprint density at radius 3 is 2.30 bits per heavy atom. The summed E-state index contributed by atoms with van der Waals surface area (Å²) in [7, 11) is 0. The van der Waals surface area contributed by atoms with Crippen molar-refractivity contribution >= 4 is 15.9 Å². The highest BCUT2D eigenvalue weighted by Crippen LogP contribution is 2.30. The Labute approximate surface area is 127 Å². The Morgan fingerprint density at radius 1 is 1.10 bits per heavy atom. The van der Waals surface area contributed by atoms with E-state index in [1.807, 2.05) is 42.5 Å².